The molecule has 2 aromatic rings. The van der Waals surface area contributed by atoms with Crippen molar-refractivity contribution in [3.8, 4) is 17.2 Å². The molecular formula is C16H16ClNO2S. The molecule has 0 spiro atoms. The second kappa shape index (κ2) is 7.29. The van der Waals surface area contributed by atoms with Gasteiger partial charge in [-0.2, -0.15) is 0 Å². The van der Waals surface area contributed by atoms with Gasteiger partial charge < -0.3 is 15.2 Å². The van der Waals surface area contributed by atoms with E-state index in [1.165, 1.54) is 0 Å². The fourth-order valence-corrected chi connectivity index (χ4v) is 2.03. The average molecular weight is 322 g/mol. The number of ether oxygens (including phenoxy) is 2. The third-order valence-electron chi connectivity index (χ3n) is 2.74. The van der Waals surface area contributed by atoms with Crippen molar-refractivity contribution in [2.45, 2.75) is 13.3 Å². The summed E-state index contributed by atoms with van der Waals surface area (Å²) in [6, 6.07) is 12.6. The molecule has 0 heterocycles. The lowest BCUT2D eigenvalue weighted by molar-refractivity contribution is 0.317. The van der Waals surface area contributed by atoms with Crippen LogP contribution in [0, 0.1) is 0 Å². The molecule has 2 aromatic carbocycles. The first kappa shape index (κ1) is 15.6. The maximum absolute atomic E-state index is 6.16. The van der Waals surface area contributed by atoms with E-state index in [4.69, 9.17) is 39.0 Å². The molecule has 0 saturated carbocycles. The normalized spacial score (nSPS) is 10.2. The van der Waals surface area contributed by atoms with Crippen LogP contribution >= 0.6 is 23.8 Å². The van der Waals surface area contributed by atoms with Crippen molar-refractivity contribution in [3.63, 3.8) is 0 Å². The average Bonchev–Trinajstić information content (AvgIpc) is 2.48. The largest absolute Gasteiger partial charge is 0.494 e. The van der Waals surface area contributed by atoms with Crippen LogP contribution in [0.15, 0.2) is 42.5 Å². The van der Waals surface area contributed by atoms with Crippen LogP contribution in [0.4, 0.5) is 0 Å². The zero-order valence-electron chi connectivity index (χ0n) is 11.6. The summed E-state index contributed by atoms with van der Waals surface area (Å²) in [5.74, 6) is 2.06. The molecule has 0 amide bonds. The third kappa shape index (κ3) is 4.34. The maximum atomic E-state index is 6.16. The molecule has 0 aliphatic carbocycles. The highest BCUT2D eigenvalue weighted by atomic mass is 35.5. The van der Waals surface area contributed by atoms with E-state index in [1.54, 1.807) is 18.2 Å². The van der Waals surface area contributed by atoms with Crippen molar-refractivity contribution in [2.24, 2.45) is 5.73 Å². The summed E-state index contributed by atoms with van der Waals surface area (Å²) in [7, 11) is 0. The van der Waals surface area contributed by atoms with E-state index in [0.717, 1.165) is 12.2 Å². The highest BCUT2D eigenvalue weighted by Crippen LogP contribution is 2.31. The van der Waals surface area contributed by atoms with Gasteiger partial charge in [0, 0.05) is 5.56 Å². The van der Waals surface area contributed by atoms with E-state index in [9.17, 15) is 0 Å². The van der Waals surface area contributed by atoms with Gasteiger partial charge in [0.05, 0.1) is 11.6 Å². The minimum atomic E-state index is 0.306. The van der Waals surface area contributed by atoms with Gasteiger partial charge in [0.2, 0.25) is 0 Å². The molecule has 0 aromatic heterocycles. The lowest BCUT2D eigenvalue weighted by Crippen LogP contribution is -2.08. The van der Waals surface area contributed by atoms with Gasteiger partial charge in [-0.05, 0) is 48.9 Å². The smallest absolute Gasteiger partial charge is 0.146 e. The van der Waals surface area contributed by atoms with Crippen LogP contribution in [0.25, 0.3) is 0 Å². The standard InChI is InChI=1S/C16H16ClNO2S/c1-2-9-19-12-4-6-13(7-5-12)20-15-8-3-11(16(18)21)10-14(15)17/h3-8,10H,2,9H2,1H3,(H2,18,21). The molecule has 0 unspecified atom stereocenters. The van der Waals surface area contributed by atoms with Gasteiger partial charge in [0.1, 0.15) is 22.2 Å². The minimum absolute atomic E-state index is 0.306. The molecule has 0 saturated heterocycles. The van der Waals surface area contributed by atoms with Crippen LogP contribution in [0.3, 0.4) is 0 Å². The molecular weight excluding hydrogens is 306 g/mol. The predicted octanol–water partition coefficient (Wildman–Crippen LogP) is 4.56. The summed E-state index contributed by atoms with van der Waals surface area (Å²) >= 11 is 11.1. The Bertz CT molecular complexity index is 629. The predicted molar refractivity (Wildman–Crippen MR) is 89.6 cm³/mol. The van der Waals surface area contributed by atoms with Gasteiger partial charge in [-0.3, -0.25) is 0 Å². The number of hydrogen-bond acceptors (Lipinski definition) is 3. The summed E-state index contributed by atoms with van der Waals surface area (Å²) < 4.78 is 11.2. The van der Waals surface area contributed by atoms with Crippen molar-refractivity contribution >= 4 is 28.8 Å². The van der Waals surface area contributed by atoms with Crippen molar-refractivity contribution in [1.82, 2.24) is 0 Å². The van der Waals surface area contributed by atoms with Gasteiger partial charge in [0.25, 0.3) is 0 Å². The van der Waals surface area contributed by atoms with Crippen molar-refractivity contribution in [2.75, 3.05) is 6.61 Å². The fourth-order valence-electron chi connectivity index (χ4n) is 1.69. The molecule has 3 nitrogen and oxygen atoms in total. The van der Waals surface area contributed by atoms with E-state index in [0.29, 0.717) is 33.7 Å². The van der Waals surface area contributed by atoms with E-state index < -0.39 is 0 Å². The number of nitrogens with two attached hydrogens (primary N) is 1. The number of benzene rings is 2. The molecule has 110 valence electrons. The van der Waals surface area contributed by atoms with Crippen LogP contribution < -0.4 is 15.2 Å². The zero-order chi connectivity index (χ0) is 15.2. The quantitative estimate of drug-likeness (QED) is 0.792. The Morgan fingerprint density at radius 1 is 1.14 bits per heavy atom. The van der Waals surface area contributed by atoms with Crippen molar-refractivity contribution in [3.05, 3.63) is 53.1 Å². The summed E-state index contributed by atoms with van der Waals surface area (Å²) in [5, 5.41) is 0.464. The van der Waals surface area contributed by atoms with E-state index in [1.807, 2.05) is 24.3 Å². The molecule has 0 fully saturated rings. The van der Waals surface area contributed by atoms with Crippen LogP contribution in [0.2, 0.25) is 5.02 Å². The van der Waals surface area contributed by atoms with Gasteiger partial charge in [-0.25, -0.2) is 0 Å². The molecule has 5 heteroatoms. The Kier molecular flexibility index (Phi) is 5.42. The van der Waals surface area contributed by atoms with E-state index >= 15 is 0 Å². The number of rotatable bonds is 6. The SMILES string of the molecule is CCCOc1ccc(Oc2ccc(C(N)=S)cc2Cl)cc1. The zero-order valence-corrected chi connectivity index (χ0v) is 13.2. The first-order chi connectivity index (χ1) is 10.1. The Morgan fingerprint density at radius 2 is 1.81 bits per heavy atom. The van der Waals surface area contributed by atoms with Crippen molar-refractivity contribution < 1.29 is 9.47 Å². The second-order valence-electron chi connectivity index (χ2n) is 4.43. The lowest BCUT2D eigenvalue weighted by Gasteiger charge is -2.10. The topological polar surface area (TPSA) is 44.5 Å². The summed E-state index contributed by atoms with van der Waals surface area (Å²) in [6.07, 6.45) is 0.975. The van der Waals surface area contributed by atoms with Crippen LogP contribution in [-0.4, -0.2) is 11.6 Å². The van der Waals surface area contributed by atoms with Crippen LogP contribution in [0.5, 0.6) is 17.2 Å². The number of halogens is 1. The van der Waals surface area contributed by atoms with Gasteiger partial charge in [-0.1, -0.05) is 30.7 Å². The molecule has 0 aliphatic rings. The van der Waals surface area contributed by atoms with E-state index in [-0.39, 0.29) is 0 Å². The highest BCUT2D eigenvalue weighted by molar-refractivity contribution is 7.80. The van der Waals surface area contributed by atoms with Crippen LogP contribution in [-0.2, 0) is 0 Å². The Hall–Kier alpha value is -1.78. The molecule has 0 atom stereocenters. The van der Waals surface area contributed by atoms with Gasteiger partial charge in [0.15, 0.2) is 0 Å². The molecule has 2 N–H and O–H groups in total. The fraction of sp³-hybridized carbons (Fsp3) is 0.188. The first-order valence-corrected chi connectivity index (χ1v) is 7.39. The summed E-state index contributed by atoms with van der Waals surface area (Å²) in [5.41, 5.74) is 6.27. The van der Waals surface area contributed by atoms with E-state index in [2.05, 4.69) is 6.92 Å². The Labute approximate surface area is 134 Å². The molecule has 2 rings (SSSR count). The first-order valence-electron chi connectivity index (χ1n) is 6.60. The second-order valence-corrected chi connectivity index (χ2v) is 5.28. The molecule has 0 bridgehead atoms. The number of hydrogen-bond donors (Lipinski definition) is 1. The van der Waals surface area contributed by atoms with Crippen molar-refractivity contribution in [1.29, 1.82) is 0 Å². The van der Waals surface area contributed by atoms with Gasteiger partial charge >= 0.3 is 0 Å². The van der Waals surface area contributed by atoms with Crippen LogP contribution in [0.1, 0.15) is 18.9 Å². The van der Waals surface area contributed by atoms with Gasteiger partial charge in [-0.15, -0.1) is 0 Å². The molecule has 0 aliphatic heterocycles. The monoisotopic (exact) mass is 321 g/mol. The summed E-state index contributed by atoms with van der Waals surface area (Å²) in [4.78, 5) is 0.306. The maximum Gasteiger partial charge on any atom is 0.146 e. The number of thiocarbonyl (C=S) groups is 1. The minimum Gasteiger partial charge on any atom is -0.494 e. The molecule has 21 heavy (non-hydrogen) atoms. The molecule has 0 radical (unpaired) electrons. The lowest BCUT2D eigenvalue weighted by atomic mass is 10.2. The highest BCUT2D eigenvalue weighted by Gasteiger charge is 2.06. The third-order valence-corrected chi connectivity index (χ3v) is 3.27. The Morgan fingerprint density at radius 3 is 2.38 bits per heavy atom. The Balaban J connectivity index is 2.09. The summed E-state index contributed by atoms with van der Waals surface area (Å²) in [6.45, 7) is 2.77.